The summed E-state index contributed by atoms with van der Waals surface area (Å²) in [4.78, 5) is 21.6. The summed E-state index contributed by atoms with van der Waals surface area (Å²) in [5.74, 6) is -0.396. The molecule has 0 rings (SSSR count). The van der Waals surface area contributed by atoms with Gasteiger partial charge in [-0.15, -0.1) is 0 Å². The quantitative estimate of drug-likeness (QED) is 0.585. The predicted octanol–water partition coefficient (Wildman–Crippen LogP) is 3.75. The first-order valence-corrected chi connectivity index (χ1v) is 6.97. The lowest BCUT2D eigenvalue weighted by molar-refractivity contribution is -0.152. The molecule has 0 aliphatic carbocycles. The summed E-state index contributed by atoms with van der Waals surface area (Å²) >= 11 is 0. The van der Waals surface area contributed by atoms with Gasteiger partial charge in [-0.1, -0.05) is 26.8 Å². The molecule has 0 bridgehead atoms. The molecule has 0 saturated carbocycles. The van der Waals surface area contributed by atoms with E-state index in [-0.39, 0.29) is 22.8 Å². The molecule has 0 N–H and O–H groups in total. The van der Waals surface area contributed by atoms with E-state index in [9.17, 15) is 9.59 Å². The van der Waals surface area contributed by atoms with Gasteiger partial charge in [-0.2, -0.15) is 0 Å². The maximum atomic E-state index is 10.8. The van der Waals surface area contributed by atoms with E-state index in [4.69, 9.17) is 9.47 Å². The molecular weight excluding hydrogens is 256 g/mol. The van der Waals surface area contributed by atoms with Crippen LogP contribution in [0.5, 0.6) is 0 Å². The summed E-state index contributed by atoms with van der Waals surface area (Å²) in [5, 5.41) is 0. The third kappa shape index (κ3) is 14.7. The third-order valence-electron chi connectivity index (χ3n) is 1.89. The Morgan fingerprint density at radius 3 is 1.60 bits per heavy atom. The van der Waals surface area contributed by atoms with Gasteiger partial charge in [-0.05, 0) is 40.0 Å². The number of rotatable bonds is 3. The van der Waals surface area contributed by atoms with E-state index >= 15 is 0 Å². The second-order valence-electron chi connectivity index (χ2n) is 6.42. The van der Waals surface area contributed by atoms with E-state index in [1.54, 1.807) is 6.92 Å². The zero-order valence-electron chi connectivity index (χ0n) is 14.2. The molecule has 0 radical (unpaired) electrons. The average molecular weight is 286 g/mol. The van der Waals surface area contributed by atoms with E-state index in [0.717, 1.165) is 0 Å². The molecule has 0 aromatic heterocycles. The van der Waals surface area contributed by atoms with Gasteiger partial charge in [0.2, 0.25) is 0 Å². The molecule has 0 aromatic rings. The minimum Gasteiger partial charge on any atom is -0.466 e. The number of carbonyl (C=O) groups is 2. The zero-order valence-corrected chi connectivity index (χ0v) is 14.2. The molecule has 0 fully saturated rings. The number of ether oxygens (including phenoxy) is 2. The van der Waals surface area contributed by atoms with Crippen LogP contribution in [0.15, 0.2) is 12.2 Å². The summed E-state index contributed by atoms with van der Waals surface area (Å²) in [6, 6.07) is 0. The number of carbonyl (C=O) groups excluding carboxylic acids is 2. The lowest BCUT2D eigenvalue weighted by Gasteiger charge is -2.14. The second-order valence-corrected chi connectivity index (χ2v) is 6.42. The second kappa shape index (κ2) is 9.56. The van der Waals surface area contributed by atoms with E-state index in [1.165, 1.54) is 6.08 Å². The number of esters is 2. The molecule has 4 heteroatoms. The van der Waals surface area contributed by atoms with Crippen molar-refractivity contribution in [3.05, 3.63) is 12.2 Å². The molecule has 0 spiro atoms. The van der Waals surface area contributed by atoms with Gasteiger partial charge in [-0.25, -0.2) is 4.79 Å². The Bertz CT molecular complexity index is 316. The lowest BCUT2D eigenvalue weighted by atomic mass is 9.96. The molecule has 0 atom stereocenters. The first kappa shape index (κ1) is 21.0. The number of allylic oxidation sites excluding steroid dienone is 1. The summed E-state index contributed by atoms with van der Waals surface area (Å²) in [6.07, 6.45) is 3.31. The number of hydrogen-bond acceptors (Lipinski definition) is 4. The van der Waals surface area contributed by atoms with Gasteiger partial charge >= 0.3 is 11.9 Å². The van der Waals surface area contributed by atoms with Crippen LogP contribution < -0.4 is 0 Å². The Morgan fingerprint density at radius 2 is 1.35 bits per heavy atom. The van der Waals surface area contributed by atoms with Crippen molar-refractivity contribution in [1.82, 2.24) is 0 Å². The standard InChI is InChI=1S/C9H16O2.C7H14O2/c1-5-11-8(10)6-7-9(2,3)4;1-5-9-6(8)7(2,3)4/h6-7H,5H2,1-4H3;5H2,1-4H3. The highest BCUT2D eigenvalue weighted by atomic mass is 16.5. The van der Waals surface area contributed by atoms with Crippen LogP contribution in [0.4, 0.5) is 0 Å². The van der Waals surface area contributed by atoms with Gasteiger partial charge in [0.1, 0.15) is 0 Å². The van der Waals surface area contributed by atoms with Crippen LogP contribution in [0.2, 0.25) is 0 Å². The predicted molar refractivity (Wildman–Crippen MR) is 81.3 cm³/mol. The maximum Gasteiger partial charge on any atom is 0.330 e. The van der Waals surface area contributed by atoms with E-state index in [2.05, 4.69) is 0 Å². The van der Waals surface area contributed by atoms with Crippen LogP contribution in [0.25, 0.3) is 0 Å². The molecule has 118 valence electrons. The smallest absolute Gasteiger partial charge is 0.330 e. The molecule has 0 aromatic carbocycles. The highest BCUT2D eigenvalue weighted by molar-refractivity contribution is 5.81. The van der Waals surface area contributed by atoms with Crippen molar-refractivity contribution in [3.63, 3.8) is 0 Å². The minimum absolute atomic E-state index is 0.0484. The van der Waals surface area contributed by atoms with E-state index < -0.39 is 0 Å². The van der Waals surface area contributed by atoms with Gasteiger partial charge in [-0.3, -0.25) is 4.79 Å². The van der Waals surface area contributed by atoms with Gasteiger partial charge in [0.15, 0.2) is 0 Å². The lowest BCUT2D eigenvalue weighted by Crippen LogP contribution is -2.22. The Morgan fingerprint density at radius 1 is 0.900 bits per heavy atom. The molecule has 0 saturated heterocycles. The van der Waals surface area contributed by atoms with Crippen molar-refractivity contribution in [3.8, 4) is 0 Å². The summed E-state index contributed by atoms with van der Waals surface area (Å²) < 4.78 is 9.48. The molecule has 0 heterocycles. The fourth-order valence-corrected chi connectivity index (χ4v) is 0.856. The fraction of sp³-hybridized carbons (Fsp3) is 0.750. The average Bonchev–Trinajstić information content (AvgIpc) is 2.26. The van der Waals surface area contributed by atoms with Crippen molar-refractivity contribution in [2.45, 2.75) is 55.4 Å². The van der Waals surface area contributed by atoms with E-state index in [0.29, 0.717) is 13.2 Å². The minimum atomic E-state index is -0.351. The molecule has 0 aliphatic rings. The maximum absolute atomic E-state index is 10.8. The zero-order chi connectivity index (χ0) is 16.4. The van der Waals surface area contributed by atoms with Crippen molar-refractivity contribution in [1.29, 1.82) is 0 Å². The van der Waals surface area contributed by atoms with Gasteiger partial charge in [0.05, 0.1) is 18.6 Å². The summed E-state index contributed by atoms with van der Waals surface area (Å²) in [6.45, 7) is 16.1. The first-order chi connectivity index (χ1) is 8.94. The van der Waals surface area contributed by atoms with Gasteiger partial charge < -0.3 is 9.47 Å². The topological polar surface area (TPSA) is 52.6 Å². The first-order valence-electron chi connectivity index (χ1n) is 6.97. The van der Waals surface area contributed by atoms with Crippen LogP contribution in [0.3, 0.4) is 0 Å². The molecule has 0 aliphatic heterocycles. The van der Waals surface area contributed by atoms with Crippen molar-refractivity contribution >= 4 is 11.9 Å². The number of hydrogen-bond donors (Lipinski definition) is 0. The van der Waals surface area contributed by atoms with Crippen LogP contribution in [0, 0.1) is 10.8 Å². The van der Waals surface area contributed by atoms with Crippen molar-refractivity contribution in [2.24, 2.45) is 10.8 Å². The van der Waals surface area contributed by atoms with Gasteiger partial charge in [0, 0.05) is 6.08 Å². The van der Waals surface area contributed by atoms with E-state index in [1.807, 2.05) is 54.5 Å². The van der Waals surface area contributed by atoms with Gasteiger partial charge in [0.25, 0.3) is 0 Å². The summed E-state index contributed by atoms with van der Waals surface area (Å²) in [7, 11) is 0. The molecule has 4 nitrogen and oxygen atoms in total. The molecular formula is C16H30O4. The van der Waals surface area contributed by atoms with Crippen LogP contribution >= 0.6 is 0 Å². The Kier molecular flexibility index (Phi) is 10.0. The highest BCUT2D eigenvalue weighted by Crippen LogP contribution is 2.14. The van der Waals surface area contributed by atoms with Crippen LogP contribution in [-0.2, 0) is 19.1 Å². The Balaban J connectivity index is 0. The van der Waals surface area contributed by atoms with Crippen LogP contribution in [0.1, 0.15) is 55.4 Å². The molecule has 0 amide bonds. The van der Waals surface area contributed by atoms with Crippen molar-refractivity contribution < 1.29 is 19.1 Å². The molecule has 0 unspecified atom stereocenters. The van der Waals surface area contributed by atoms with Crippen LogP contribution in [-0.4, -0.2) is 25.2 Å². The highest BCUT2D eigenvalue weighted by Gasteiger charge is 2.21. The fourth-order valence-electron chi connectivity index (χ4n) is 0.856. The SMILES string of the molecule is CCOC(=O)C(C)(C)C.CCOC(=O)C=CC(C)(C)C. The van der Waals surface area contributed by atoms with Crippen molar-refractivity contribution in [2.75, 3.05) is 13.2 Å². The molecule has 20 heavy (non-hydrogen) atoms. The Labute approximate surface area is 123 Å². The monoisotopic (exact) mass is 286 g/mol. The third-order valence-corrected chi connectivity index (χ3v) is 1.89. The largest absolute Gasteiger partial charge is 0.466 e. The Hall–Kier alpha value is -1.32. The normalized spacial score (nSPS) is 11.6. The summed E-state index contributed by atoms with van der Waals surface area (Å²) in [5.41, 5.74) is -0.303.